The molecule has 26 atom stereocenters. The second kappa shape index (κ2) is 32.2. The second-order valence-corrected chi connectivity index (χ2v) is 18.8. The zero-order valence-corrected chi connectivity index (χ0v) is 42.7. The Labute approximate surface area is 453 Å². The summed E-state index contributed by atoms with van der Waals surface area (Å²) in [5, 5.41) is 248. The predicted octanol–water partition coefficient (Wildman–Crippen LogP) is -9.84. The van der Waals surface area contributed by atoms with Crippen molar-refractivity contribution >= 4 is 0 Å². The maximum atomic E-state index is 11.6. The van der Waals surface area contributed by atoms with E-state index < -0.39 is 241 Å². The van der Waals surface area contributed by atoms with Crippen LogP contribution in [0.5, 0.6) is 0 Å². The summed E-state index contributed by atoms with van der Waals surface area (Å²) >= 11 is 0. The van der Waals surface area contributed by atoms with Gasteiger partial charge < -0.3 is 175 Å². The molecule has 0 aromatic rings. The fourth-order valence-corrected chi connectivity index (χ4v) is 8.04. The number of aliphatic hydroxyl groups is 24. The van der Waals surface area contributed by atoms with Gasteiger partial charge in [0.15, 0.2) is 43.0 Å². The molecule has 0 aliphatic carbocycles. The van der Waals surface area contributed by atoms with E-state index in [-0.39, 0.29) is 6.42 Å². The molecule has 4 fully saturated rings. The summed E-state index contributed by atoms with van der Waals surface area (Å²) in [5.74, 6) is -5.48. The van der Waals surface area contributed by atoms with E-state index in [0.29, 0.717) is 12.2 Å². The van der Waals surface area contributed by atoms with Crippen molar-refractivity contribution in [2.75, 3.05) is 39.6 Å². The number of aliphatic hydroxyl groups excluding tert-OH is 23. The minimum absolute atomic E-state index is 0.387. The number of hydrogen-bond donors (Lipinski definition) is 24. The molecule has 0 radical (unpaired) electrons. The Kier molecular flexibility index (Phi) is 27.8. The summed E-state index contributed by atoms with van der Waals surface area (Å²) in [4.78, 5) is 0. The largest absolute Gasteiger partial charge is 0.510 e. The normalized spacial score (nSPS) is 38.1. The molecule has 0 saturated carbocycles. The fourth-order valence-electron chi connectivity index (χ4n) is 8.04. The highest BCUT2D eigenvalue weighted by molar-refractivity contribution is 5.06. The Hall–Kier alpha value is -3.24. The highest BCUT2D eigenvalue weighted by atomic mass is 16.8. The van der Waals surface area contributed by atoms with Crippen LogP contribution in [0.3, 0.4) is 0 Å². The third kappa shape index (κ3) is 18.9. The SMILES string of the molecule is CC(O)/C=C(\O)C(O)OCC1OC(OC(/C=C(/O)C(O)O)CCO)C(O)C(O)C1OC(O)/C=C(/O)C(CCOC1OCC(O)C(O)C1OC1OC(CO)C(O)C(O)C1O)OC1OC(COC(O)/C(O)=C(\O)C(C)O)C(O)C(O)C1O. The van der Waals surface area contributed by atoms with Gasteiger partial charge in [0.1, 0.15) is 121 Å². The van der Waals surface area contributed by atoms with Gasteiger partial charge in [0.05, 0.1) is 45.2 Å². The number of hydrogen-bond acceptors (Lipinski definition) is 35. The third-order valence-electron chi connectivity index (χ3n) is 12.5. The Bertz CT molecular complexity index is 1960. The van der Waals surface area contributed by atoms with Crippen molar-refractivity contribution in [2.45, 2.75) is 193 Å². The highest BCUT2D eigenvalue weighted by Crippen LogP contribution is 2.32. The first-order chi connectivity index (χ1) is 37.5. The Morgan fingerprint density at radius 1 is 0.525 bits per heavy atom. The summed E-state index contributed by atoms with van der Waals surface area (Å²) in [5.41, 5.74) is 0. The molecule has 80 heavy (non-hydrogen) atoms. The molecule has 0 spiro atoms. The average Bonchev–Trinajstić information content (AvgIpc) is 3.50. The van der Waals surface area contributed by atoms with Gasteiger partial charge in [-0.3, -0.25) is 0 Å². The van der Waals surface area contributed by atoms with Crippen molar-refractivity contribution in [1.29, 1.82) is 0 Å². The predicted molar refractivity (Wildman–Crippen MR) is 251 cm³/mol. The van der Waals surface area contributed by atoms with Gasteiger partial charge in [0, 0.05) is 25.5 Å². The zero-order chi connectivity index (χ0) is 60.0. The van der Waals surface area contributed by atoms with E-state index in [0.717, 1.165) is 13.0 Å². The van der Waals surface area contributed by atoms with Gasteiger partial charge in [-0.2, -0.15) is 0 Å². The van der Waals surface area contributed by atoms with E-state index in [2.05, 4.69) is 0 Å². The molecule has 24 N–H and O–H groups in total. The van der Waals surface area contributed by atoms with Gasteiger partial charge in [0.2, 0.25) is 18.9 Å². The van der Waals surface area contributed by atoms with E-state index in [1.54, 1.807) is 0 Å². The lowest BCUT2D eigenvalue weighted by Crippen LogP contribution is -2.63. The van der Waals surface area contributed by atoms with Crippen LogP contribution in [0.1, 0.15) is 26.7 Å². The maximum Gasteiger partial charge on any atom is 0.217 e. The zero-order valence-electron chi connectivity index (χ0n) is 42.7. The summed E-state index contributed by atoms with van der Waals surface area (Å²) < 4.78 is 60.7. The van der Waals surface area contributed by atoms with E-state index in [1.807, 2.05) is 0 Å². The summed E-state index contributed by atoms with van der Waals surface area (Å²) in [6.07, 6.45) is -52.0. The van der Waals surface area contributed by atoms with Crippen LogP contribution in [0.2, 0.25) is 0 Å². The minimum atomic E-state index is -2.46. The molecule has 0 aromatic carbocycles. The van der Waals surface area contributed by atoms with Gasteiger partial charge in [-0.15, -0.1) is 0 Å². The second-order valence-electron chi connectivity index (χ2n) is 18.8. The summed E-state index contributed by atoms with van der Waals surface area (Å²) in [7, 11) is 0. The highest BCUT2D eigenvalue weighted by Gasteiger charge is 2.51. The van der Waals surface area contributed by atoms with Gasteiger partial charge in [-0.05, 0) is 26.0 Å². The molecular weight excluding hydrogens is 1100 g/mol. The molecule has 0 amide bonds. The molecule has 4 rings (SSSR count). The van der Waals surface area contributed by atoms with Crippen LogP contribution in [0.25, 0.3) is 0 Å². The number of ether oxygens (including phenoxy) is 11. The van der Waals surface area contributed by atoms with Crippen LogP contribution in [-0.4, -0.2) is 328 Å². The van der Waals surface area contributed by atoms with Crippen molar-refractivity contribution in [3.05, 3.63) is 47.0 Å². The first kappa shape index (κ1) is 69.3. The van der Waals surface area contributed by atoms with Crippen molar-refractivity contribution in [3.63, 3.8) is 0 Å². The van der Waals surface area contributed by atoms with Crippen molar-refractivity contribution < 1.29 is 175 Å². The van der Waals surface area contributed by atoms with Crippen LogP contribution in [0.4, 0.5) is 0 Å². The molecule has 0 aromatic heterocycles. The molecular formula is C45H76O35. The van der Waals surface area contributed by atoms with Crippen LogP contribution in [-0.2, 0) is 52.1 Å². The maximum absolute atomic E-state index is 11.6. The standard InChI is InChI=1S/C45H76O35/c1-14(48)7-19(52)40(68)71-13-24-37(32(61)36(65)42(78-24)74-16(3-5-46)8-18(51)39(66)67)79-25(54)9-17(50)21(75-43-34(63)31(60)29(58)23(77-43)12-72-41(69)33(62)26(55)15(2)49)4-6-70-45-38(27(56)20(53)11-73-45)80-44-35(64)30(59)28(57)22(10-47)76-44/h7-9,14-16,20-25,27-32,34-69H,3-6,10-13H2,1-2H3/b17-9+,18-8+,19-7-,33-26+. The van der Waals surface area contributed by atoms with E-state index in [9.17, 15) is 123 Å². The quantitative estimate of drug-likeness (QED) is 0.0244. The van der Waals surface area contributed by atoms with Gasteiger partial charge in [-0.1, -0.05) is 0 Å². The van der Waals surface area contributed by atoms with Gasteiger partial charge in [-0.25, -0.2) is 0 Å². The molecule has 4 aliphatic rings. The van der Waals surface area contributed by atoms with Crippen molar-refractivity contribution in [2.24, 2.45) is 0 Å². The third-order valence-corrected chi connectivity index (χ3v) is 12.5. The first-order valence-electron chi connectivity index (χ1n) is 24.7. The molecule has 0 bridgehead atoms. The summed E-state index contributed by atoms with van der Waals surface area (Å²) in [6, 6.07) is 0. The summed E-state index contributed by atoms with van der Waals surface area (Å²) in [6.45, 7) is -2.58. The monoisotopic (exact) mass is 1180 g/mol. The lowest BCUT2D eigenvalue weighted by atomic mass is 9.98. The molecule has 26 unspecified atom stereocenters. The average molecular weight is 1180 g/mol. The van der Waals surface area contributed by atoms with Gasteiger partial charge >= 0.3 is 0 Å². The van der Waals surface area contributed by atoms with Crippen LogP contribution >= 0.6 is 0 Å². The molecule has 35 heteroatoms. The van der Waals surface area contributed by atoms with Crippen LogP contribution in [0.15, 0.2) is 47.0 Å². The lowest BCUT2D eigenvalue weighted by Gasteiger charge is -2.44. The topological polar surface area (TPSA) is 587 Å². The van der Waals surface area contributed by atoms with E-state index in [4.69, 9.17) is 52.1 Å². The van der Waals surface area contributed by atoms with Crippen molar-refractivity contribution in [3.8, 4) is 0 Å². The Morgan fingerprint density at radius 3 is 1.69 bits per heavy atom. The van der Waals surface area contributed by atoms with E-state index >= 15 is 0 Å². The number of rotatable bonds is 29. The molecule has 4 saturated heterocycles. The van der Waals surface area contributed by atoms with E-state index in [1.165, 1.54) is 6.92 Å². The Morgan fingerprint density at radius 2 is 1.09 bits per heavy atom. The molecule has 466 valence electrons. The minimum Gasteiger partial charge on any atom is -0.510 e. The molecule has 4 aliphatic heterocycles. The molecule has 4 heterocycles. The van der Waals surface area contributed by atoms with Crippen LogP contribution < -0.4 is 0 Å². The van der Waals surface area contributed by atoms with Gasteiger partial charge in [0.25, 0.3) is 0 Å². The van der Waals surface area contributed by atoms with Crippen molar-refractivity contribution in [1.82, 2.24) is 0 Å². The Balaban J connectivity index is 1.66. The van der Waals surface area contributed by atoms with Crippen LogP contribution in [0, 0.1) is 0 Å². The first-order valence-corrected chi connectivity index (χ1v) is 24.7. The molecule has 35 nitrogen and oxygen atoms in total. The smallest absolute Gasteiger partial charge is 0.217 e. The fraction of sp³-hybridized carbons (Fsp3) is 0.822. The lowest BCUT2D eigenvalue weighted by molar-refractivity contribution is -0.357.